The Bertz CT molecular complexity index is 718. The number of guanidine groups is 1. The third-order valence-electron chi connectivity index (χ3n) is 5.19. The van der Waals surface area contributed by atoms with E-state index in [-0.39, 0.29) is 12.2 Å². The summed E-state index contributed by atoms with van der Waals surface area (Å²) in [5, 5.41) is 3.37. The molecule has 29 heavy (non-hydrogen) atoms. The van der Waals surface area contributed by atoms with Crippen LogP contribution in [0.1, 0.15) is 35.7 Å². The van der Waals surface area contributed by atoms with Crippen LogP contribution in [0.3, 0.4) is 0 Å². The Labute approximate surface area is 172 Å². The highest BCUT2D eigenvalue weighted by Gasteiger charge is 2.32. The number of ether oxygens (including phenoxy) is 4. The minimum atomic E-state index is -0.424. The number of aliphatic imine (C=N–C) groups is 1. The zero-order valence-electron chi connectivity index (χ0n) is 17.5. The second-order valence-electron chi connectivity index (χ2n) is 7.10. The van der Waals surface area contributed by atoms with Crippen molar-refractivity contribution in [3.05, 3.63) is 29.3 Å². The Hall–Kier alpha value is -2.32. The van der Waals surface area contributed by atoms with Gasteiger partial charge < -0.3 is 29.2 Å². The Balaban J connectivity index is 1.72. The van der Waals surface area contributed by atoms with E-state index in [4.69, 9.17) is 23.9 Å². The first-order chi connectivity index (χ1) is 14.2. The van der Waals surface area contributed by atoms with Crippen molar-refractivity contribution in [2.75, 3.05) is 47.1 Å². The molecule has 1 N–H and O–H groups in total. The monoisotopic (exact) mass is 405 g/mol. The molecular weight excluding hydrogens is 374 g/mol. The van der Waals surface area contributed by atoms with E-state index in [1.165, 1.54) is 14.2 Å². The van der Waals surface area contributed by atoms with Crippen LogP contribution in [0.2, 0.25) is 0 Å². The van der Waals surface area contributed by atoms with Crippen molar-refractivity contribution in [1.82, 2.24) is 10.2 Å². The molecule has 0 aliphatic carbocycles. The zero-order chi connectivity index (χ0) is 20.6. The SMILES string of the molecule is CCNC(=NCc1ccc(OC)c(C(=O)OC)c1)N1CCOC(C2CCCO2)C1. The van der Waals surface area contributed by atoms with E-state index in [0.29, 0.717) is 24.5 Å². The van der Waals surface area contributed by atoms with Gasteiger partial charge in [0.25, 0.3) is 0 Å². The van der Waals surface area contributed by atoms with Crippen LogP contribution in [-0.2, 0) is 20.8 Å². The van der Waals surface area contributed by atoms with Gasteiger partial charge in [0.05, 0.1) is 33.5 Å². The van der Waals surface area contributed by atoms with Crippen LogP contribution in [0.15, 0.2) is 23.2 Å². The number of nitrogens with zero attached hydrogens (tertiary/aromatic N) is 2. The number of methoxy groups -OCH3 is 2. The lowest BCUT2D eigenvalue weighted by Gasteiger charge is -2.37. The highest BCUT2D eigenvalue weighted by atomic mass is 16.5. The number of rotatable bonds is 6. The molecule has 0 aromatic heterocycles. The quantitative estimate of drug-likeness (QED) is 0.439. The van der Waals surface area contributed by atoms with Gasteiger partial charge in [0.15, 0.2) is 5.96 Å². The van der Waals surface area contributed by atoms with Crippen molar-refractivity contribution in [2.45, 2.75) is 38.5 Å². The molecular formula is C21H31N3O5. The largest absolute Gasteiger partial charge is 0.496 e. The third-order valence-corrected chi connectivity index (χ3v) is 5.19. The Kier molecular flexibility index (Phi) is 7.71. The number of morpholine rings is 1. The zero-order valence-corrected chi connectivity index (χ0v) is 17.5. The van der Waals surface area contributed by atoms with Gasteiger partial charge >= 0.3 is 5.97 Å². The minimum Gasteiger partial charge on any atom is -0.496 e. The van der Waals surface area contributed by atoms with Gasteiger partial charge in [0, 0.05) is 26.2 Å². The van der Waals surface area contributed by atoms with Crippen LogP contribution < -0.4 is 10.1 Å². The summed E-state index contributed by atoms with van der Waals surface area (Å²) in [6, 6.07) is 5.45. The van der Waals surface area contributed by atoms with E-state index in [1.807, 2.05) is 6.07 Å². The maximum absolute atomic E-state index is 12.0. The summed E-state index contributed by atoms with van der Waals surface area (Å²) in [6.07, 6.45) is 2.39. The summed E-state index contributed by atoms with van der Waals surface area (Å²) >= 11 is 0. The molecule has 2 saturated heterocycles. The summed E-state index contributed by atoms with van der Waals surface area (Å²) in [7, 11) is 2.89. The predicted molar refractivity (Wildman–Crippen MR) is 109 cm³/mol. The van der Waals surface area contributed by atoms with E-state index in [1.54, 1.807) is 12.1 Å². The first-order valence-electron chi connectivity index (χ1n) is 10.2. The van der Waals surface area contributed by atoms with E-state index in [2.05, 4.69) is 17.1 Å². The average Bonchev–Trinajstić information content (AvgIpc) is 3.31. The predicted octanol–water partition coefficient (Wildman–Crippen LogP) is 1.83. The van der Waals surface area contributed by atoms with Gasteiger partial charge in [0.2, 0.25) is 0 Å². The molecule has 1 aromatic carbocycles. The van der Waals surface area contributed by atoms with Gasteiger partial charge in [-0.1, -0.05) is 6.07 Å². The van der Waals surface area contributed by atoms with E-state index in [0.717, 1.165) is 50.6 Å². The van der Waals surface area contributed by atoms with Crippen LogP contribution in [0.4, 0.5) is 0 Å². The third kappa shape index (κ3) is 5.39. The van der Waals surface area contributed by atoms with Gasteiger partial charge in [-0.15, -0.1) is 0 Å². The van der Waals surface area contributed by atoms with Crippen LogP contribution in [0.25, 0.3) is 0 Å². The molecule has 2 aliphatic heterocycles. The molecule has 8 heteroatoms. The Morgan fingerprint density at radius 1 is 1.28 bits per heavy atom. The van der Waals surface area contributed by atoms with Crippen LogP contribution in [-0.4, -0.2) is 76.1 Å². The van der Waals surface area contributed by atoms with Gasteiger partial charge in [-0.25, -0.2) is 9.79 Å². The van der Waals surface area contributed by atoms with E-state index in [9.17, 15) is 4.79 Å². The van der Waals surface area contributed by atoms with E-state index < -0.39 is 5.97 Å². The van der Waals surface area contributed by atoms with Crippen molar-refractivity contribution in [1.29, 1.82) is 0 Å². The minimum absolute atomic E-state index is 0.0713. The average molecular weight is 405 g/mol. The van der Waals surface area contributed by atoms with Crippen molar-refractivity contribution >= 4 is 11.9 Å². The molecule has 2 unspecified atom stereocenters. The lowest BCUT2D eigenvalue weighted by atomic mass is 10.1. The van der Waals surface area contributed by atoms with Crippen molar-refractivity contribution in [3.8, 4) is 5.75 Å². The molecule has 0 spiro atoms. The molecule has 1 aromatic rings. The highest BCUT2D eigenvalue weighted by Crippen LogP contribution is 2.22. The van der Waals surface area contributed by atoms with Gasteiger partial charge in [-0.2, -0.15) is 0 Å². The summed E-state index contributed by atoms with van der Waals surface area (Å²) in [4.78, 5) is 19.0. The first-order valence-corrected chi connectivity index (χ1v) is 10.2. The number of esters is 1. The summed E-state index contributed by atoms with van der Waals surface area (Å²) in [6.45, 7) is 6.28. The molecule has 3 rings (SSSR count). The van der Waals surface area contributed by atoms with E-state index >= 15 is 0 Å². The topological polar surface area (TPSA) is 81.6 Å². The molecule has 0 bridgehead atoms. The molecule has 0 saturated carbocycles. The molecule has 8 nitrogen and oxygen atoms in total. The first kappa shape index (κ1) is 21.4. The molecule has 0 amide bonds. The second kappa shape index (κ2) is 10.5. The normalized spacial score (nSPS) is 22.4. The smallest absolute Gasteiger partial charge is 0.341 e. The number of nitrogens with one attached hydrogen (secondary N) is 1. The fraction of sp³-hybridized carbons (Fsp3) is 0.619. The lowest BCUT2D eigenvalue weighted by molar-refractivity contribution is -0.0817. The Morgan fingerprint density at radius 3 is 2.79 bits per heavy atom. The fourth-order valence-corrected chi connectivity index (χ4v) is 3.70. The molecule has 2 aliphatic rings. The second-order valence-corrected chi connectivity index (χ2v) is 7.10. The molecule has 2 atom stereocenters. The molecule has 2 heterocycles. The fourth-order valence-electron chi connectivity index (χ4n) is 3.70. The molecule has 0 radical (unpaired) electrons. The summed E-state index contributed by atoms with van der Waals surface area (Å²) < 4.78 is 21.9. The van der Waals surface area contributed by atoms with Gasteiger partial charge in [-0.05, 0) is 37.5 Å². The number of benzene rings is 1. The van der Waals surface area contributed by atoms with Crippen LogP contribution in [0.5, 0.6) is 5.75 Å². The Morgan fingerprint density at radius 2 is 2.10 bits per heavy atom. The number of carbonyl (C=O) groups excluding carboxylic acids is 1. The van der Waals surface area contributed by atoms with Crippen molar-refractivity contribution in [2.24, 2.45) is 4.99 Å². The van der Waals surface area contributed by atoms with Gasteiger partial charge in [0.1, 0.15) is 17.4 Å². The maximum atomic E-state index is 12.0. The number of hydrogen-bond donors (Lipinski definition) is 1. The van der Waals surface area contributed by atoms with Crippen molar-refractivity contribution < 1.29 is 23.7 Å². The molecule has 160 valence electrons. The van der Waals surface area contributed by atoms with Crippen LogP contribution in [0, 0.1) is 0 Å². The lowest BCUT2D eigenvalue weighted by Crippen LogP contribution is -2.53. The maximum Gasteiger partial charge on any atom is 0.341 e. The highest BCUT2D eigenvalue weighted by molar-refractivity contribution is 5.92. The summed E-state index contributed by atoms with van der Waals surface area (Å²) in [5.41, 5.74) is 1.31. The van der Waals surface area contributed by atoms with Crippen molar-refractivity contribution in [3.63, 3.8) is 0 Å². The number of carbonyl (C=O) groups is 1. The summed E-state index contributed by atoms with van der Waals surface area (Å²) in [5.74, 6) is 0.908. The number of hydrogen-bond acceptors (Lipinski definition) is 6. The molecule has 2 fully saturated rings. The standard InChI is InChI=1S/C21H31N3O5/c1-4-22-21(24-9-11-29-19(14-24)18-6-5-10-28-18)23-13-15-7-8-17(26-2)16(12-15)20(25)27-3/h7-8,12,18-19H,4-6,9-11,13-14H2,1-3H3,(H,22,23). The van der Waals surface area contributed by atoms with Crippen LogP contribution >= 0.6 is 0 Å². The van der Waals surface area contributed by atoms with Gasteiger partial charge in [-0.3, -0.25) is 0 Å².